The van der Waals surface area contributed by atoms with E-state index in [0.717, 1.165) is 24.3 Å². The maximum Gasteiger partial charge on any atom is 0.138 e. The van der Waals surface area contributed by atoms with Crippen molar-refractivity contribution < 1.29 is 5.11 Å². The first kappa shape index (κ1) is 21.0. The van der Waals surface area contributed by atoms with E-state index < -0.39 is 6.10 Å². The number of benzene rings is 1. The first-order chi connectivity index (χ1) is 12.5. The average Bonchev–Trinajstić information content (AvgIpc) is 2.95. The molecule has 0 bridgehead atoms. The van der Waals surface area contributed by atoms with Crippen LogP contribution in [0, 0.1) is 13.8 Å². The second-order valence-electron chi connectivity index (χ2n) is 7.90. The van der Waals surface area contributed by atoms with Crippen LogP contribution in [0.15, 0.2) is 12.1 Å². The monoisotopic (exact) mass is 358 g/mol. The first-order valence-corrected chi connectivity index (χ1v) is 10.7. The Morgan fingerprint density at radius 1 is 0.885 bits per heavy atom. The molecule has 3 heteroatoms. The Morgan fingerprint density at radius 3 is 2.00 bits per heavy atom. The molecule has 1 atom stereocenters. The zero-order valence-electron chi connectivity index (χ0n) is 17.4. The van der Waals surface area contributed by atoms with Crippen molar-refractivity contribution in [2.45, 2.75) is 105 Å². The minimum absolute atomic E-state index is 0.522. The minimum Gasteiger partial charge on any atom is -0.385 e. The number of imidazole rings is 1. The number of fused-ring (bicyclic) bond motifs is 1. The molecule has 0 saturated carbocycles. The largest absolute Gasteiger partial charge is 0.385 e. The van der Waals surface area contributed by atoms with Gasteiger partial charge in [0.05, 0.1) is 11.0 Å². The van der Waals surface area contributed by atoms with Crippen molar-refractivity contribution in [3.63, 3.8) is 0 Å². The molecule has 0 fully saturated rings. The van der Waals surface area contributed by atoms with Gasteiger partial charge in [-0.05, 0) is 50.5 Å². The Kier molecular flexibility index (Phi) is 8.64. The molecule has 2 aromatic rings. The quantitative estimate of drug-likeness (QED) is 0.432. The van der Waals surface area contributed by atoms with E-state index in [-0.39, 0.29) is 0 Å². The van der Waals surface area contributed by atoms with Gasteiger partial charge in [-0.2, -0.15) is 0 Å². The molecule has 1 heterocycles. The third-order valence-corrected chi connectivity index (χ3v) is 5.50. The molecule has 1 aromatic heterocycles. The van der Waals surface area contributed by atoms with Crippen LogP contribution in [0.25, 0.3) is 11.0 Å². The summed E-state index contributed by atoms with van der Waals surface area (Å²) in [6, 6.07) is 4.37. The van der Waals surface area contributed by atoms with Gasteiger partial charge in [0.25, 0.3) is 0 Å². The molecule has 3 nitrogen and oxygen atoms in total. The number of nitrogens with zero attached hydrogens (tertiary/aromatic N) is 2. The van der Waals surface area contributed by atoms with E-state index in [1.54, 1.807) is 0 Å². The molecular formula is C23H38N2O. The van der Waals surface area contributed by atoms with E-state index in [9.17, 15) is 5.11 Å². The summed E-state index contributed by atoms with van der Waals surface area (Å²) in [5.74, 6) is 0.806. The Bertz CT molecular complexity index is 672. The van der Waals surface area contributed by atoms with Crippen molar-refractivity contribution >= 4 is 11.0 Å². The van der Waals surface area contributed by atoms with Crippen LogP contribution >= 0.6 is 0 Å². The van der Waals surface area contributed by atoms with Crippen molar-refractivity contribution in [3.05, 3.63) is 29.1 Å². The molecule has 0 spiro atoms. The van der Waals surface area contributed by atoms with Gasteiger partial charge in [0, 0.05) is 6.54 Å². The van der Waals surface area contributed by atoms with Crippen LogP contribution in [0.5, 0.6) is 0 Å². The molecule has 0 aliphatic carbocycles. The lowest BCUT2D eigenvalue weighted by Crippen LogP contribution is -2.07. The lowest BCUT2D eigenvalue weighted by Gasteiger charge is -2.11. The molecular weight excluding hydrogens is 320 g/mol. The molecule has 1 aromatic carbocycles. The predicted molar refractivity (Wildman–Crippen MR) is 112 cm³/mol. The highest BCUT2D eigenvalue weighted by atomic mass is 16.3. The van der Waals surface area contributed by atoms with E-state index in [2.05, 4.69) is 37.5 Å². The second kappa shape index (κ2) is 10.7. The summed E-state index contributed by atoms with van der Waals surface area (Å²) in [7, 11) is 0. The van der Waals surface area contributed by atoms with Crippen LogP contribution in [0.4, 0.5) is 0 Å². The van der Waals surface area contributed by atoms with Gasteiger partial charge >= 0.3 is 0 Å². The van der Waals surface area contributed by atoms with E-state index >= 15 is 0 Å². The zero-order chi connectivity index (χ0) is 18.9. The summed E-state index contributed by atoms with van der Waals surface area (Å²) in [5, 5.41) is 10.1. The normalized spacial score (nSPS) is 12.8. The second-order valence-corrected chi connectivity index (χ2v) is 7.90. The topological polar surface area (TPSA) is 38.0 Å². The van der Waals surface area contributed by atoms with Gasteiger partial charge in [0.1, 0.15) is 11.9 Å². The lowest BCUT2D eigenvalue weighted by molar-refractivity contribution is 0.184. The van der Waals surface area contributed by atoms with Crippen LogP contribution in [0.1, 0.15) is 101 Å². The number of aromatic nitrogens is 2. The molecule has 0 aliphatic heterocycles. The fraction of sp³-hybridized carbons (Fsp3) is 0.696. The van der Waals surface area contributed by atoms with E-state index in [1.807, 2.05) is 6.92 Å². The highest BCUT2D eigenvalue weighted by molar-refractivity contribution is 5.78. The smallest absolute Gasteiger partial charge is 0.138 e. The fourth-order valence-electron chi connectivity index (χ4n) is 3.71. The van der Waals surface area contributed by atoms with Crippen molar-refractivity contribution in [2.24, 2.45) is 0 Å². The summed E-state index contributed by atoms with van der Waals surface area (Å²) < 4.78 is 2.23. The lowest BCUT2D eigenvalue weighted by atomic mass is 10.1. The number of aliphatic hydroxyl groups excluding tert-OH is 1. The van der Waals surface area contributed by atoms with Gasteiger partial charge in [-0.25, -0.2) is 4.98 Å². The number of aryl methyl sites for hydroxylation is 3. The number of aliphatic hydroxyl groups is 1. The Labute approximate surface area is 159 Å². The molecule has 1 unspecified atom stereocenters. The maximum absolute atomic E-state index is 10.1. The standard InChI is InChI=1S/C23H38N2O/c1-5-6-7-8-9-10-11-12-13-14-15-25-22-17-19(3)18(2)16-21(22)24-23(25)20(4)26/h16-17,20,26H,5-15H2,1-4H3. The number of unbranched alkanes of at least 4 members (excludes halogenated alkanes) is 9. The van der Waals surface area contributed by atoms with Gasteiger partial charge in [0.15, 0.2) is 0 Å². The van der Waals surface area contributed by atoms with Crippen molar-refractivity contribution in [2.75, 3.05) is 0 Å². The summed E-state index contributed by atoms with van der Waals surface area (Å²) >= 11 is 0. The molecule has 0 radical (unpaired) electrons. The van der Waals surface area contributed by atoms with Gasteiger partial charge in [0.2, 0.25) is 0 Å². The van der Waals surface area contributed by atoms with Gasteiger partial charge in [-0.3, -0.25) is 0 Å². The van der Waals surface area contributed by atoms with Gasteiger partial charge in [-0.15, -0.1) is 0 Å². The van der Waals surface area contributed by atoms with Crippen LogP contribution in [0.2, 0.25) is 0 Å². The molecule has 2 rings (SSSR count). The van der Waals surface area contributed by atoms with E-state index in [1.165, 1.54) is 74.4 Å². The Balaban J connectivity index is 1.82. The van der Waals surface area contributed by atoms with Crippen LogP contribution in [0.3, 0.4) is 0 Å². The Morgan fingerprint density at radius 2 is 1.42 bits per heavy atom. The van der Waals surface area contributed by atoms with Crippen molar-refractivity contribution in [3.8, 4) is 0 Å². The molecule has 146 valence electrons. The highest BCUT2D eigenvalue weighted by Gasteiger charge is 2.15. The number of hydrogen-bond acceptors (Lipinski definition) is 2. The summed E-state index contributed by atoms with van der Waals surface area (Å²) in [5.41, 5.74) is 4.73. The molecule has 26 heavy (non-hydrogen) atoms. The average molecular weight is 359 g/mol. The first-order valence-electron chi connectivity index (χ1n) is 10.7. The Hall–Kier alpha value is -1.35. The third-order valence-electron chi connectivity index (χ3n) is 5.50. The molecule has 0 saturated heterocycles. The molecule has 0 aliphatic rings. The highest BCUT2D eigenvalue weighted by Crippen LogP contribution is 2.24. The zero-order valence-corrected chi connectivity index (χ0v) is 17.4. The summed E-state index contributed by atoms with van der Waals surface area (Å²) in [4.78, 5) is 4.69. The summed E-state index contributed by atoms with van der Waals surface area (Å²) in [6.07, 6.45) is 12.9. The van der Waals surface area contributed by atoms with E-state index in [0.29, 0.717) is 0 Å². The fourth-order valence-corrected chi connectivity index (χ4v) is 3.71. The number of hydrogen-bond donors (Lipinski definition) is 1. The van der Waals surface area contributed by atoms with E-state index in [4.69, 9.17) is 4.98 Å². The van der Waals surface area contributed by atoms with Crippen LogP contribution in [-0.2, 0) is 6.54 Å². The van der Waals surface area contributed by atoms with Crippen LogP contribution in [-0.4, -0.2) is 14.7 Å². The van der Waals surface area contributed by atoms with Crippen LogP contribution < -0.4 is 0 Å². The van der Waals surface area contributed by atoms with Gasteiger partial charge < -0.3 is 9.67 Å². The SMILES string of the molecule is CCCCCCCCCCCCn1c(C(C)O)nc2cc(C)c(C)cc21. The predicted octanol–water partition coefficient (Wildman–Crippen LogP) is 6.63. The van der Waals surface area contributed by atoms with Crippen molar-refractivity contribution in [1.29, 1.82) is 0 Å². The minimum atomic E-state index is -0.522. The van der Waals surface area contributed by atoms with Gasteiger partial charge in [-0.1, -0.05) is 64.7 Å². The number of rotatable bonds is 12. The summed E-state index contributed by atoms with van der Waals surface area (Å²) in [6.45, 7) is 9.31. The molecule has 1 N–H and O–H groups in total. The molecule has 0 amide bonds. The van der Waals surface area contributed by atoms with Crippen molar-refractivity contribution in [1.82, 2.24) is 9.55 Å². The third kappa shape index (κ3) is 5.84. The maximum atomic E-state index is 10.1.